The van der Waals surface area contributed by atoms with E-state index in [1.807, 2.05) is 13.8 Å². The molecule has 1 saturated heterocycles. The van der Waals surface area contributed by atoms with Gasteiger partial charge < -0.3 is 10.0 Å². The number of rotatable bonds is 3. The van der Waals surface area contributed by atoms with Crippen LogP contribution in [0.5, 0.6) is 0 Å². The van der Waals surface area contributed by atoms with Crippen molar-refractivity contribution in [2.24, 2.45) is 5.41 Å². The Kier molecular flexibility index (Phi) is 3.56. The Bertz CT molecular complexity index is 529. The van der Waals surface area contributed by atoms with Crippen molar-refractivity contribution in [3.05, 3.63) is 22.5 Å². The first-order valence-electron chi connectivity index (χ1n) is 6.29. The molecule has 1 aliphatic heterocycles. The van der Waals surface area contributed by atoms with E-state index in [4.69, 9.17) is 0 Å². The van der Waals surface area contributed by atoms with E-state index in [0.29, 0.717) is 6.54 Å². The van der Waals surface area contributed by atoms with Gasteiger partial charge in [-0.3, -0.25) is 10.1 Å². The summed E-state index contributed by atoms with van der Waals surface area (Å²) < 4.78 is 0. The average molecular weight is 280 g/mol. The third-order valence-corrected chi connectivity index (χ3v) is 3.60. The van der Waals surface area contributed by atoms with Crippen molar-refractivity contribution >= 4 is 17.6 Å². The second kappa shape index (κ2) is 5.03. The highest BCUT2D eigenvalue weighted by Gasteiger charge is 2.43. The first-order valence-corrected chi connectivity index (χ1v) is 6.29. The van der Waals surface area contributed by atoms with Crippen LogP contribution in [0.2, 0.25) is 0 Å². The van der Waals surface area contributed by atoms with E-state index in [0.717, 1.165) is 25.2 Å². The van der Waals surface area contributed by atoms with Gasteiger partial charge in [0.05, 0.1) is 4.92 Å². The molecule has 1 aromatic heterocycles. The lowest BCUT2D eigenvalue weighted by Gasteiger charge is -2.43. The minimum atomic E-state index is -0.934. The largest absolute Gasteiger partial charge is 0.480 e. The Morgan fingerprint density at radius 2 is 2.10 bits per heavy atom. The topological polar surface area (TPSA) is 109 Å². The maximum absolute atomic E-state index is 11.5. The highest BCUT2D eigenvalue weighted by molar-refractivity contribution is 5.78. The van der Waals surface area contributed by atoms with E-state index < -0.39 is 22.3 Å². The van der Waals surface area contributed by atoms with Crippen molar-refractivity contribution < 1.29 is 14.8 Å². The molecule has 108 valence electrons. The molecule has 0 amide bonds. The van der Waals surface area contributed by atoms with Gasteiger partial charge in [-0.05, 0) is 18.3 Å². The summed E-state index contributed by atoms with van der Waals surface area (Å²) in [7, 11) is 0. The fraction of sp³-hybridized carbons (Fsp3) is 0.583. The highest BCUT2D eigenvalue weighted by atomic mass is 16.6. The van der Waals surface area contributed by atoms with E-state index in [2.05, 4.69) is 9.97 Å². The Morgan fingerprint density at radius 3 is 2.60 bits per heavy atom. The van der Waals surface area contributed by atoms with Gasteiger partial charge >= 0.3 is 11.7 Å². The first kappa shape index (κ1) is 14.2. The van der Waals surface area contributed by atoms with Gasteiger partial charge in [0.25, 0.3) is 0 Å². The quantitative estimate of drug-likeness (QED) is 0.659. The molecular weight excluding hydrogens is 264 g/mol. The zero-order valence-corrected chi connectivity index (χ0v) is 11.3. The number of nitrogens with zero attached hydrogens (tertiary/aromatic N) is 4. The number of nitro groups is 1. The third-order valence-electron chi connectivity index (χ3n) is 3.60. The smallest absolute Gasteiger partial charge is 0.326 e. The molecule has 0 bridgehead atoms. The van der Waals surface area contributed by atoms with Crippen LogP contribution >= 0.6 is 0 Å². The van der Waals surface area contributed by atoms with Crippen molar-refractivity contribution in [2.75, 3.05) is 11.4 Å². The van der Waals surface area contributed by atoms with Crippen LogP contribution in [0.1, 0.15) is 26.7 Å². The fourth-order valence-electron chi connectivity index (χ4n) is 2.63. The number of carboxylic acid groups (broad SMARTS) is 1. The summed E-state index contributed by atoms with van der Waals surface area (Å²) in [5, 5.41) is 20.0. The minimum Gasteiger partial charge on any atom is -0.480 e. The van der Waals surface area contributed by atoms with Gasteiger partial charge in [0.2, 0.25) is 5.95 Å². The molecule has 20 heavy (non-hydrogen) atoms. The molecule has 1 aliphatic rings. The SMILES string of the molecule is CC1(C)CCCN(c2ncc([N+](=O)[O-])cn2)C1C(=O)O. The van der Waals surface area contributed by atoms with Gasteiger partial charge in [-0.1, -0.05) is 13.8 Å². The van der Waals surface area contributed by atoms with E-state index in [9.17, 15) is 20.0 Å². The maximum Gasteiger partial charge on any atom is 0.326 e. The third kappa shape index (κ3) is 2.54. The Hall–Kier alpha value is -2.25. The standard InChI is InChI=1S/C12H16N4O4/c1-12(2)4-3-5-15(9(12)10(17)18)11-13-6-8(7-14-11)16(19)20/h6-7,9H,3-5H2,1-2H3,(H,17,18). The summed E-state index contributed by atoms with van der Waals surface area (Å²) >= 11 is 0. The normalized spacial score (nSPS) is 21.5. The molecule has 1 unspecified atom stereocenters. The number of piperidine rings is 1. The van der Waals surface area contributed by atoms with E-state index in [1.165, 1.54) is 0 Å². The number of aromatic nitrogens is 2. The molecule has 0 saturated carbocycles. The van der Waals surface area contributed by atoms with E-state index in [1.54, 1.807) is 4.90 Å². The Balaban J connectivity index is 2.34. The highest BCUT2D eigenvalue weighted by Crippen LogP contribution is 2.36. The van der Waals surface area contributed by atoms with Crippen LogP contribution in [-0.4, -0.2) is 38.6 Å². The molecule has 0 aliphatic carbocycles. The zero-order chi connectivity index (χ0) is 14.9. The number of hydrogen-bond acceptors (Lipinski definition) is 6. The summed E-state index contributed by atoms with van der Waals surface area (Å²) in [6, 6.07) is -0.738. The van der Waals surface area contributed by atoms with Gasteiger partial charge in [-0.2, -0.15) is 0 Å². The summed E-state index contributed by atoms with van der Waals surface area (Å²) in [4.78, 5) is 31.0. The van der Waals surface area contributed by atoms with Gasteiger partial charge in [0.15, 0.2) is 0 Å². The van der Waals surface area contributed by atoms with Crippen LogP contribution in [0.3, 0.4) is 0 Å². The predicted molar refractivity (Wildman–Crippen MR) is 70.5 cm³/mol. The number of hydrogen-bond donors (Lipinski definition) is 1. The average Bonchev–Trinajstić information content (AvgIpc) is 2.36. The Labute approximate surface area is 115 Å². The molecule has 8 heteroatoms. The lowest BCUT2D eigenvalue weighted by molar-refractivity contribution is -0.385. The first-order chi connectivity index (χ1) is 9.33. The van der Waals surface area contributed by atoms with Gasteiger partial charge in [-0.15, -0.1) is 0 Å². The van der Waals surface area contributed by atoms with Crippen LogP contribution in [0.4, 0.5) is 11.6 Å². The van der Waals surface area contributed by atoms with Gasteiger partial charge in [0, 0.05) is 6.54 Å². The van der Waals surface area contributed by atoms with Crippen molar-refractivity contribution in [3.8, 4) is 0 Å². The van der Waals surface area contributed by atoms with Crippen LogP contribution in [-0.2, 0) is 4.79 Å². The molecule has 0 radical (unpaired) electrons. The molecule has 1 atom stereocenters. The van der Waals surface area contributed by atoms with Crippen LogP contribution < -0.4 is 4.90 Å². The van der Waals surface area contributed by atoms with Crippen molar-refractivity contribution in [3.63, 3.8) is 0 Å². The van der Waals surface area contributed by atoms with Crippen molar-refractivity contribution in [1.29, 1.82) is 0 Å². The summed E-state index contributed by atoms with van der Waals surface area (Å²) in [6.07, 6.45) is 3.83. The second-order valence-corrected chi connectivity index (χ2v) is 5.52. The molecule has 0 aromatic carbocycles. The van der Waals surface area contributed by atoms with Crippen LogP contribution in [0.15, 0.2) is 12.4 Å². The Morgan fingerprint density at radius 1 is 1.50 bits per heavy atom. The predicted octanol–water partition coefficient (Wildman–Crippen LogP) is 1.46. The molecular formula is C12H16N4O4. The summed E-state index contributed by atoms with van der Waals surface area (Å²) in [6.45, 7) is 4.31. The molecule has 2 rings (SSSR count). The van der Waals surface area contributed by atoms with Crippen molar-refractivity contribution in [2.45, 2.75) is 32.7 Å². The number of carbonyl (C=O) groups is 1. The number of anilines is 1. The number of carboxylic acids is 1. The number of aliphatic carboxylic acids is 1. The van der Waals surface area contributed by atoms with Gasteiger partial charge in [0.1, 0.15) is 18.4 Å². The minimum absolute atomic E-state index is 0.211. The molecule has 1 aromatic rings. The van der Waals surface area contributed by atoms with E-state index in [-0.39, 0.29) is 11.6 Å². The van der Waals surface area contributed by atoms with Crippen molar-refractivity contribution in [1.82, 2.24) is 9.97 Å². The molecule has 1 fully saturated rings. The maximum atomic E-state index is 11.5. The summed E-state index contributed by atoms with van der Waals surface area (Å²) in [5.41, 5.74) is -0.619. The van der Waals surface area contributed by atoms with Crippen LogP contribution in [0.25, 0.3) is 0 Å². The van der Waals surface area contributed by atoms with Gasteiger partial charge in [-0.25, -0.2) is 14.8 Å². The second-order valence-electron chi connectivity index (χ2n) is 5.52. The molecule has 0 spiro atoms. The molecule has 8 nitrogen and oxygen atoms in total. The fourth-order valence-corrected chi connectivity index (χ4v) is 2.63. The molecule has 1 N–H and O–H groups in total. The molecule has 2 heterocycles. The van der Waals surface area contributed by atoms with Crippen LogP contribution in [0, 0.1) is 15.5 Å². The monoisotopic (exact) mass is 280 g/mol. The lowest BCUT2D eigenvalue weighted by atomic mass is 9.76. The summed E-state index contributed by atoms with van der Waals surface area (Å²) in [5.74, 6) is -0.715. The zero-order valence-electron chi connectivity index (χ0n) is 11.3. The van der Waals surface area contributed by atoms with E-state index >= 15 is 0 Å². The lowest BCUT2D eigenvalue weighted by Crippen LogP contribution is -2.55.